The van der Waals surface area contributed by atoms with Gasteiger partial charge in [-0.05, 0) is 23.6 Å². The SMILES string of the molecule is O=C(CSc1n[nH]c(CC2CCCC2)n1)NCc1ccc(S(=O)(=O)N2CCOCC2)cc1. The zero-order chi connectivity index (χ0) is 22.4. The summed E-state index contributed by atoms with van der Waals surface area (Å²) in [6, 6.07) is 6.62. The molecule has 1 saturated carbocycles. The smallest absolute Gasteiger partial charge is 0.243 e. The van der Waals surface area contributed by atoms with E-state index in [9.17, 15) is 13.2 Å². The van der Waals surface area contributed by atoms with Crippen molar-refractivity contribution in [2.75, 3.05) is 32.1 Å². The van der Waals surface area contributed by atoms with Crippen molar-refractivity contribution < 1.29 is 17.9 Å². The van der Waals surface area contributed by atoms with E-state index in [0.717, 1.165) is 17.8 Å². The molecule has 1 aromatic heterocycles. The van der Waals surface area contributed by atoms with E-state index in [1.165, 1.54) is 41.8 Å². The molecule has 1 aliphatic carbocycles. The number of rotatable bonds is 9. The number of hydrogen-bond acceptors (Lipinski definition) is 7. The number of aromatic nitrogens is 3. The van der Waals surface area contributed by atoms with Gasteiger partial charge < -0.3 is 10.1 Å². The van der Waals surface area contributed by atoms with Crippen molar-refractivity contribution in [3.8, 4) is 0 Å². The van der Waals surface area contributed by atoms with Crippen LogP contribution in [0.5, 0.6) is 0 Å². The van der Waals surface area contributed by atoms with Crippen LogP contribution in [0.3, 0.4) is 0 Å². The number of H-pyrrole nitrogens is 1. The first kappa shape index (κ1) is 23.2. The predicted octanol–water partition coefficient (Wildman–Crippen LogP) is 1.97. The Morgan fingerprint density at radius 2 is 1.91 bits per heavy atom. The minimum atomic E-state index is -3.51. The summed E-state index contributed by atoms with van der Waals surface area (Å²) in [5, 5.41) is 10.6. The van der Waals surface area contributed by atoms with Crippen LogP contribution in [0.4, 0.5) is 0 Å². The molecule has 174 valence electrons. The minimum Gasteiger partial charge on any atom is -0.379 e. The third-order valence-electron chi connectivity index (χ3n) is 5.82. The summed E-state index contributed by atoms with van der Waals surface area (Å²) in [5.74, 6) is 1.69. The third kappa shape index (κ3) is 6.09. The average Bonchev–Trinajstić information content (AvgIpc) is 3.49. The maximum atomic E-state index is 12.7. The fraction of sp³-hybridized carbons (Fsp3) is 0.571. The van der Waals surface area contributed by atoms with Crippen molar-refractivity contribution >= 4 is 27.7 Å². The van der Waals surface area contributed by atoms with Gasteiger partial charge in [0.05, 0.1) is 23.9 Å². The molecule has 0 unspecified atom stereocenters. The molecule has 1 aliphatic heterocycles. The summed E-state index contributed by atoms with van der Waals surface area (Å²) >= 11 is 1.30. The maximum Gasteiger partial charge on any atom is 0.243 e. The summed E-state index contributed by atoms with van der Waals surface area (Å²) in [7, 11) is -3.51. The first-order valence-electron chi connectivity index (χ1n) is 11.0. The van der Waals surface area contributed by atoms with Gasteiger partial charge in [0, 0.05) is 26.1 Å². The van der Waals surface area contributed by atoms with E-state index < -0.39 is 10.0 Å². The van der Waals surface area contributed by atoms with Crippen molar-refractivity contribution in [1.29, 1.82) is 0 Å². The standard InChI is InChI=1S/C21H29N5O4S2/c27-20(15-31-21-23-19(24-25-21)13-16-3-1-2-4-16)22-14-17-5-7-18(8-6-17)32(28,29)26-9-11-30-12-10-26/h5-8,16H,1-4,9-15H2,(H,22,27)(H,23,24,25). The van der Waals surface area contributed by atoms with Gasteiger partial charge in [0.1, 0.15) is 5.82 Å². The number of amides is 1. The fourth-order valence-corrected chi connectivity index (χ4v) is 6.07. The largest absolute Gasteiger partial charge is 0.379 e. The van der Waals surface area contributed by atoms with E-state index >= 15 is 0 Å². The molecular formula is C21H29N5O4S2. The average molecular weight is 480 g/mol. The lowest BCUT2D eigenvalue weighted by Gasteiger charge is -2.26. The molecule has 2 N–H and O–H groups in total. The summed E-state index contributed by atoms with van der Waals surface area (Å²) in [4.78, 5) is 16.9. The second-order valence-electron chi connectivity index (χ2n) is 8.15. The van der Waals surface area contributed by atoms with Crippen LogP contribution in [0.15, 0.2) is 34.3 Å². The van der Waals surface area contributed by atoms with Crippen LogP contribution in [0.25, 0.3) is 0 Å². The Kier molecular flexibility index (Phi) is 7.82. The number of benzene rings is 1. The normalized spacial score (nSPS) is 18.1. The Balaban J connectivity index is 1.21. The number of morpholine rings is 1. The van der Waals surface area contributed by atoms with E-state index in [1.807, 2.05) is 0 Å². The molecule has 2 heterocycles. The van der Waals surface area contributed by atoms with E-state index in [2.05, 4.69) is 20.5 Å². The zero-order valence-corrected chi connectivity index (χ0v) is 19.6. The first-order chi connectivity index (χ1) is 15.5. The van der Waals surface area contributed by atoms with Crippen LogP contribution in [0, 0.1) is 5.92 Å². The molecule has 0 atom stereocenters. The number of nitrogens with zero attached hydrogens (tertiary/aromatic N) is 3. The van der Waals surface area contributed by atoms with Gasteiger partial charge in [-0.1, -0.05) is 49.6 Å². The number of aromatic amines is 1. The summed E-state index contributed by atoms with van der Waals surface area (Å²) in [6.07, 6.45) is 6.04. The second kappa shape index (κ2) is 10.8. The lowest BCUT2D eigenvalue weighted by molar-refractivity contribution is -0.118. The molecule has 32 heavy (non-hydrogen) atoms. The summed E-state index contributed by atoms with van der Waals surface area (Å²) in [6.45, 7) is 1.89. The minimum absolute atomic E-state index is 0.123. The Bertz CT molecular complexity index is 997. The molecule has 9 nitrogen and oxygen atoms in total. The quantitative estimate of drug-likeness (QED) is 0.528. The molecule has 4 rings (SSSR count). The molecule has 1 amide bonds. The van der Waals surface area contributed by atoms with Gasteiger partial charge in [0.2, 0.25) is 21.1 Å². The van der Waals surface area contributed by atoms with Crippen LogP contribution in [0.2, 0.25) is 0 Å². The zero-order valence-electron chi connectivity index (χ0n) is 18.0. The first-order valence-corrected chi connectivity index (χ1v) is 13.4. The molecule has 0 spiro atoms. The van der Waals surface area contributed by atoms with E-state index in [4.69, 9.17) is 4.74 Å². The third-order valence-corrected chi connectivity index (χ3v) is 8.58. The van der Waals surface area contributed by atoms with Crippen molar-refractivity contribution in [1.82, 2.24) is 24.8 Å². The summed E-state index contributed by atoms with van der Waals surface area (Å²) in [5.41, 5.74) is 0.834. The molecule has 0 radical (unpaired) electrons. The van der Waals surface area contributed by atoms with Gasteiger partial charge in [-0.15, -0.1) is 5.10 Å². The Morgan fingerprint density at radius 1 is 1.19 bits per heavy atom. The highest BCUT2D eigenvalue weighted by Crippen LogP contribution is 2.27. The van der Waals surface area contributed by atoms with Crippen LogP contribution in [0.1, 0.15) is 37.1 Å². The number of ether oxygens (including phenoxy) is 1. The van der Waals surface area contributed by atoms with Gasteiger partial charge in [0.25, 0.3) is 0 Å². The van der Waals surface area contributed by atoms with Gasteiger partial charge in [-0.3, -0.25) is 9.89 Å². The van der Waals surface area contributed by atoms with Crippen molar-refractivity contribution in [3.05, 3.63) is 35.7 Å². The van der Waals surface area contributed by atoms with Crippen LogP contribution >= 0.6 is 11.8 Å². The maximum absolute atomic E-state index is 12.7. The molecule has 1 saturated heterocycles. The Hall–Kier alpha value is -1.95. The van der Waals surface area contributed by atoms with Crippen LogP contribution in [-0.4, -0.2) is 65.9 Å². The van der Waals surface area contributed by atoms with E-state index in [1.54, 1.807) is 24.3 Å². The van der Waals surface area contributed by atoms with Crippen LogP contribution in [-0.2, 0) is 32.5 Å². The molecule has 1 aromatic carbocycles. The lowest BCUT2D eigenvalue weighted by atomic mass is 10.0. The van der Waals surface area contributed by atoms with Crippen molar-refractivity contribution in [3.63, 3.8) is 0 Å². The van der Waals surface area contributed by atoms with E-state index in [-0.39, 0.29) is 16.6 Å². The molecule has 0 bridgehead atoms. The molecule has 2 aliphatic rings. The highest BCUT2D eigenvalue weighted by molar-refractivity contribution is 7.99. The number of carbonyl (C=O) groups is 1. The fourth-order valence-electron chi connectivity index (χ4n) is 4.02. The Labute approximate surface area is 192 Å². The topological polar surface area (TPSA) is 117 Å². The number of hydrogen-bond donors (Lipinski definition) is 2. The second-order valence-corrected chi connectivity index (χ2v) is 11.0. The molecule has 11 heteroatoms. The number of carbonyl (C=O) groups excluding carboxylic acids is 1. The van der Waals surface area contributed by atoms with Gasteiger partial charge >= 0.3 is 0 Å². The lowest BCUT2D eigenvalue weighted by Crippen LogP contribution is -2.40. The van der Waals surface area contributed by atoms with E-state index in [0.29, 0.717) is 43.9 Å². The van der Waals surface area contributed by atoms with Gasteiger partial charge in [-0.2, -0.15) is 4.31 Å². The predicted molar refractivity (Wildman–Crippen MR) is 121 cm³/mol. The summed E-state index contributed by atoms with van der Waals surface area (Å²) < 4.78 is 32.0. The molecule has 2 fully saturated rings. The van der Waals surface area contributed by atoms with Gasteiger partial charge in [0.15, 0.2) is 0 Å². The highest BCUT2D eigenvalue weighted by Gasteiger charge is 2.26. The van der Waals surface area contributed by atoms with Crippen molar-refractivity contribution in [2.45, 2.75) is 48.7 Å². The number of thioether (sulfide) groups is 1. The molecular weight excluding hydrogens is 450 g/mol. The van der Waals surface area contributed by atoms with Gasteiger partial charge in [-0.25, -0.2) is 13.4 Å². The monoisotopic (exact) mass is 479 g/mol. The number of sulfonamides is 1. The van der Waals surface area contributed by atoms with Crippen molar-refractivity contribution in [2.24, 2.45) is 5.92 Å². The molecule has 2 aromatic rings. The number of nitrogens with one attached hydrogen (secondary N) is 2. The van der Waals surface area contributed by atoms with Crippen LogP contribution < -0.4 is 5.32 Å². The highest BCUT2D eigenvalue weighted by atomic mass is 32.2. The Morgan fingerprint density at radius 3 is 2.62 bits per heavy atom.